The Morgan fingerprint density at radius 2 is 1.15 bits per heavy atom. The van der Waals surface area contributed by atoms with Gasteiger partial charge in [0.05, 0.1) is 80.4 Å². The molecule has 0 unspecified atom stereocenters. The van der Waals surface area contributed by atoms with Crippen LogP contribution in [0, 0.1) is 0 Å². The Morgan fingerprint density at radius 1 is 0.725 bits per heavy atom. The zero-order valence-electron chi connectivity index (χ0n) is 24.0. The summed E-state index contributed by atoms with van der Waals surface area (Å²) in [5, 5.41) is 8.20. The number of ketones is 2. The molecule has 0 radical (unpaired) electrons. The molecule has 2 aromatic carbocycles. The van der Waals surface area contributed by atoms with Gasteiger partial charge < -0.3 is 38.4 Å². The second kappa shape index (κ2) is 12.2. The fourth-order valence-corrected chi connectivity index (χ4v) is 5.17. The van der Waals surface area contributed by atoms with Crippen LogP contribution in [0.15, 0.2) is 33.5 Å². The van der Waals surface area contributed by atoms with Crippen LogP contribution in [0.5, 0.6) is 23.0 Å². The van der Waals surface area contributed by atoms with E-state index in [1.54, 1.807) is 12.1 Å². The number of hydrogen-bond acceptors (Lipinski definition) is 10. The first-order valence-electron chi connectivity index (χ1n) is 13.2. The van der Waals surface area contributed by atoms with Crippen LogP contribution in [0.4, 0.5) is 11.4 Å². The molecule has 0 aliphatic carbocycles. The number of anilines is 2. The summed E-state index contributed by atoms with van der Waals surface area (Å²) in [6.45, 7) is 5.07. The van der Waals surface area contributed by atoms with Crippen molar-refractivity contribution in [1.29, 1.82) is 0 Å². The maximum atomic E-state index is 13.0. The zero-order chi connectivity index (χ0) is 29.0. The first kappa shape index (κ1) is 28.7. The number of carbonyl (C=O) groups excluding carboxylic acids is 2. The highest BCUT2D eigenvalue weighted by atomic mass is 16.5. The highest BCUT2D eigenvalue weighted by molar-refractivity contribution is 6.12. The minimum absolute atomic E-state index is 0.214. The van der Waals surface area contributed by atoms with Crippen molar-refractivity contribution in [2.24, 2.45) is 0 Å². The van der Waals surface area contributed by atoms with Crippen molar-refractivity contribution < 1.29 is 37.4 Å². The van der Waals surface area contributed by atoms with E-state index in [0.29, 0.717) is 73.9 Å². The molecule has 10 nitrogen and oxygen atoms in total. The number of hydrogen-bond donors (Lipinski definition) is 2. The molecular formula is C30H36N2O8. The van der Waals surface area contributed by atoms with Crippen LogP contribution in [0.3, 0.4) is 0 Å². The van der Waals surface area contributed by atoms with Crippen LogP contribution in [-0.4, -0.2) is 46.2 Å². The van der Waals surface area contributed by atoms with Gasteiger partial charge in [0.25, 0.3) is 0 Å². The topological polar surface area (TPSA) is 121 Å². The molecular weight excluding hydrogens is 516 g/mol. The number of carbonyl (C=O) groups is 2. The lowest BCUT2D eigenvalue weighted by Crippen LogP contribution is -2.31. The van der Waals surface area contributed by atoms with E-state index in [-0.39, 0.29) is 11.6 Å². The number of benzene rings is 2. The van der Waals surface area contributed by atoms with Gasteiger partial charge in [-0.15, -0.1) is 0 Å². The number of rotatable bonds is 14. The van der Waals surface area contributed by atoms with Gasteiger partial charge in [-0.3, -0.25) is 9.59 Å². The average Bonchev–Trinajstić information content (AvgIpc) is 3.61. The summed E-state index contributed by atoms with van der Waals surface area (Å²) in [6, 6.07) is 3.47. The number of unbranched alkanes of at least 4 members (excludes halogenated alkanes) is 2. The van der Waals surface area contributed by atoms with Gasteiger partial charge in [-0.05, 0) is 38.8 Å². The maximum Gasteiger partial charge on any atom is 0.186 e. The van der Waals surface area contributed by atoms with Crippen molar-refractivity contribution in [3.8, 4) is 23.0 Å². The number of nitrogens with one attached hydrogen (secondary N) is 2. The minimum atomic E-state index is -0.486. The Kier molecular flexibility index (Phi) is 8.77. The van der Waals surface area contributed by atoms with Crippen molar-refractivity contribution in [1.82, 2.24) is 0 Å². The monoisotopic (exact) mass is 552 g/mol. The Labute approximate surface area is 232 Å². The molecule has 2 N–H and O–H groups in total. The molecule has 0 amide bonds. The molecule has 0 fully saturated rings. The van der Waals surface area contributed by atoms with Crippen LogP contribution < -0.4 is 29.6 Å². The summed E-state index contributed by atoms with van der Waals surface area (Å²) in [5.74, 6) is 1.07. The molecule has 4 aromatic rings. The number of Topliss-reactive ketones (excluding diaryl/α,β-unsaturated/α-hetero) is 2. The lowest BCUT2D eigenvalue weighted by atomic mass is 10.0. The van der Waals surface area contributed by atoms with Crippen molar-refractivity contribution in [3.05, 3.63) is 35.8 Å². The van der Waals surface area contributed by atoms with Crippen molar-refractivity contribution >= 4 is 44.9 Å². The van der Waals surface area contributed by atoms with Gasteiger partial charge in [0, 0.05) is 0 Å². The Balaban J connectivity index is 1.92. The number of ether oxygens (including phenoxy) is 4. The second-order valence-electron chi connectivity index (χ2n) is 9.41. The molecule has 4 rings (SSSR count). The molecule has 2 aromatic heterocycles. The summed E-state index contributed by atoms with van der Waals surface area (Å²) in [4.78, 5) is 26.0. The van der Waals surface area contributed by atoms with Crippen molar-refractivity contribution in [2.45, 2.75) is 52.6 Å². The molecule has 0 bridgehead atoms. The molecule has 0 aliphatic rings. The lowest BCUT2D eigenvalue weighted by molar-refractivity contribution is 0.100. The van der Waals surface area contributed by atoms with E-state index in [4.69, 9.17) is 27.8 Å². The average molecular weight is 553 g/mol. The van der Waals surface area contributed by atoms with E-state index >= 15 is 0 Å². The van der Waals surface area contributed by atoms with Gasteiger partial charge in [-0.2, -0.15) is 0 Å². The summed E-state index contributed by atoms with van der Waals surface area (Å²) in [6.07, 6.45) is 6.04. The van der Waals surface area contributed by atoms with Gasteiger partial charge >= 0.3 is 0 Å². The normalized spacial score (nSPS) is 11.2. The number of fused-ring (bicyclic) bond motifs is 2. The molecule has 10 heteroatoms. The zero-order valence-corrected chi connectivity index (χ0v) is 24.0. The fraction of sp³-hybridized carbons (Fsp3) is 0.400. The summed E-state index contributed by atoms with van der Waals surface area (Å²) >= 11 is 0. The maximum absolute atomic E-state index is 13.0. The number of methoxy groups -OCH3 is 4. The van der Waals surface area contributed by atoms with E-state index in [1.807, 2.05) is 0 Å². The third-order valence-electron chi connectivity index (χ3n) is 6.89. The van der Waals surface area contributed by atoms with Gasteiger partial charge in [0.15, 0.2) is 34.2 Å². The summed E-state index contributed by atoms with van der Waals surface area (Å²) in [5.41, 5.74) is 2.37. The largest absolute Gasteiger partial charge is 0.495 e. The van der Waals surface area contributed by atoms with Crippen molar-refractivity contribution in [3.63, 3.8) is 0 Å². The molecule has 0 saturated heterocycles. The lowest BCUT2D eigenvalue weighted by Gasteiger charge is -2.28. The molecule has 40 heavy (non-hydrogen) atoms. The van der Waals surface area contributed by atoms with Crippen LogP contribution in [-0.2, 0) is 0 Å². The predicted octanol–water partition coefficient (Wildman–Crippen LogP) is 7.05. The Morgan fingerprint density at radius 3 is 1.50 bits per heavy atom. The van der Waals surface area contributed by atoms with Crippen LogP contribution in [0.2, 0.25) is 0 Å². The van der Waals surface area contributed by atoms with E-state index in [1.165, 1.54) is 54.8 Å². The summed E-state index contributed by atoms with van der Waals surface area (Å²) < 4.78 is 34.4. The molecule has 0 aliphatic heterocycles. The van der Waals surface area contributed by atoms with Gasteiger partial charge in [0.1, 0.15) is 11.5 Å². The van der Waals surface area contributed by atoms with Crippen molar-refractivity contribution in [2.75, 3.05) is 39.1 Å². The van der Waals surface area contributed by atoms with Crippen LogP contribution in [0.25, 0.3) is 21.9 Å². The van der Waals surface area contributed by atoms with Crippen LogP contribution >= 0.6 is 0 Å². The fourth-order valence-electron chi connectivity index (χ4n) is 5.17. The first-order valence-corrected chi connectivity index (χ1v) is 13.2. The third-order valence-corrected chi connectivity index (χ3v) is 6.89. The smallest absolute Gasteiger partial charge is 0.186 e. The van der Waals surface area contributed by atoms with E-state index in [9.17, 15) is 9.59 Å². The molecule has 0 spiro atoms. The van der Waals surface area contributed by atoms with Gasteiger partial charge in [0.2, 0.25) is 0 Å². The highest BCUT2D eigenvalue weighted by Crippen LogP contribution is 2.47. The molecule has 214 valence electrons. The standard InChI is InChI=1S/C30H36N2O8/c1-8-9-10-11-20(31-23-21(16(2)33)25(35-4)18-12-14-39-27(18)29(23)37-6)32-24-22(17(3)34)26(36-5)19-13-15-40-28(19)30(24)38-7/h12-15,20,31-32H,8-11H2,1-7H3. The first-order chi connectivity index (χ1) is 19.3. The quantitative estimate of drug-likeness (QED) is 0.0956. The Bertz CT molecular complexity index is 1420. The number of furan rings is 2. The SMILES string of the molecule is CCCCCC(Nc1c(C(C)=O)c(OC)c2ccoc2c1OC)Nc1c(C(C)=O)c(OC)c2ccoc2c1OC. The van der Waals surface area contributed by atoms with E-state index in [2.05, 4.69) is 17.6 Å². The summed E-state index contributed by atoms with van der Waals surface area (Å²) in [7, 11) is 6.06. The highest BCUT2D eigenvalue weighted by Gasteiger charge is 2.30. The Hall–Kier alpha value is -4.34. The molecule has 2 heterocycles. The predicted molar refractivity (Wildman–Crippen MR) is 154 cm³/mol. The van der Waals surface area contributed by atoms with Gasteiger partial charge in [-0.1, -0.05) is 19.8 Å². The molecule has 0 saturated carbocycles. The third kappa shape index (κ3) is 5.01. The van der Waals surface area contributed by atoms with Gasteiger partial charge in [-0.25, -0.2) is 0 Å². The molecule has 0 atom stereocenters. The van der Waals surface area contributed by atoms with E-state index < -0.39 is 6.17 Å². The van der Waals surface area contributed by atoms with Crippen LogP contribution in [0.1, 0.15) is 67.2 Å². The van der Waals surface area contributed by atoms with E-state index in [0.717, 1.165) is 19.3 Å². The second-order valence-corrected chi connectivity index (χ2v) is 9.41. The minimum Gasteiger partial charge on any atom is -0.495 e.